The van der Waals surface area contributed by atoms with E-state index in [2.05, 4.69) is 26.1 Å². The van der Waals surface area contributed by atoms with Gasteiger partial charge < -0.3 is 10.1 Å². The highest BCUT2D eigenvalue weighted by Crippen LogP contribution is 2.45. The Morgan fingerprint density at radius 2 is 1.90 bits per heavy atom. The Kier molecular flexibility index (Phi) is 7.42. The lowest BCUT2D eigenvalue weighted by Gasteiger charge is -2.36. The first-order valence-corrected chi connectivity index (χ1v) is 12.2. The molecule has 162 valence electrons. The van der Waals surface area contributed by atoms with Gasteiger partial charge in [-0.15, -0.1) is 11.3 Å². The SMILES string of the molecule is CCC(C)(C)C1CCc2c(sc(NC(=O)CCC3CCCCC3)c2C(=O)OC)C1. The molecule has 1 heterocycles. The van der Waals surface area contributed by atoms with Crippen LogP contribution in [0.15, 0.2) is 0 Å². The van der Waals surface area contributed by atoms with Gasteiger partial charge in [0.2, 0.25) is 5.91 Å². The van der Waals surface area contributed by atoms with E-state index >= 15 is 0 Å². The van der Waals surface area contributed by atoms with Gasteiger partial charge >= 0.3 is 5.97 Å². The summed E-state index contributed by atoms with van der Waals surface area (Å²) in [6.07, 6.45) is 12.0. The molecule has 0 saturated heterocycles. The number of ether oxygens (including phenoxy) is 1. The first kappa shape index (κ1) is 22.3. The topological polar surface area (TPSA) is 55.4 Å². The van der Waals surface area contributed by atoms with E-state index in [9.17, 15) is 9.59 Å². The number of nitrogens with one attached hydrogen (secondary N) is 1. The van der Waals surface area contributed by atoms with Crippen molar-refractivity contribution in [1.82, 2.24) is 0 Å². The van der Waals surface area contributed by atoms with E-state index in [0.717, 1.165) is 37.7 Å². The van der Waals surface area contributed by atoms with Crippen LogP contribution in [-0.2, 0) is 22.4 Å². The van der Waals surface area contributed by atoms with Crippen molar-refractivity contribution in [3.05, 3.63) is 16.0 Å². The average Bonchev–Trinajstić information content (AvgIpc) is 3.09. The van der Waals surface area contributed by atoms with Crippen LogP contribution in [0.25, 0.3) is 0 Å². The lowest BCUT2D eigenvalue weighted by Crippen LogP contribution is -2.28. The average molecular weight is 420 g/mol. The van der Waals surface area contributed by atoms with E-state index in [1.54, 1.807) is 11.3 Å². The zero-order valence-electron chi connectivity index (χ0n) is 18.6. The fourth-order valence-electron chi connectivity index (χ4n) is 4.95. The molecule has 1 N–H and O–H groups in total. The molecular formula is C24H37NO3S. The van der Waals surface area contributed by atoms with Crippen molar-refractivity contribution in [3.63, 3.8) is 0 Å². The molecule has 29 heavy (non-hydrogen) atoms. The third-order valence-electron chi connectivity index (χ3n) is 7.43. The third-order valence-corrected chi connectivity index (χ3v) is 8.60. The normalized spacial score (nSPS) is 20.2. The smallest absolute Gasteiger partial charge is 0.341 e. The molecule has 1 fully saturated rings. The van der Waals surface area contributed by atoms with E-state index < -0.39 is 0 Å². The minimum atomic E-state index is -0.321. The van der Waals surface area contributed by atoms with Gasteiger partial charge in [-0.3, -0.25) is 4.79 Å². The first-order valence-electron chi connectivity index (χ1n) is 11.4. The predicted octanol–water partition coefficient (Wildman–Crippen LogP) is 6.37. The molecule has 3 rings (SSSR count). The van der Waals surface area contributed by atoms with Gasteiger partial charge in [0.1, 0.15) is 5.00 Å². The number of methoxy groups -OCH3 is 1. The second kappa shape index (κ2) is 9.63. The van der Waals surface area contributed by atoms with Crippen molar-refractivity contribution in [2.75, 3.05) is 12.4 Å². The Labute approximate surface area is 179 Å². The zero-order chi connectivity index (χ0) is 21.0. The molecule has 0 spiro atoms. The van der Waals surface area contributed by atoms with Gasteiger partial charge in [0.05, 0.1) is 12.7 Å². The molecule has 5 heteroatoms. The number of hydrogen-bond acceptors (Lipinski definition) is 4. The highest BCUT2D eigenvalue weighted by molar-refractivity contribution is 7.17. The number of esters is 1. The summed E-state index contributed by atoms with van der Waals surface area (Å²) in [5.74, 6) is 1.00. The summed E-state index contributed by atoms with van der Waals surface area (Å²) in [4.78, 5) is 26.4. The third kappa shape index (κ3) is 5.22. The number of carbonyl (C=O) groups is 2. The van der Waals surface area contributed by atoms with Crippen LogP contribution in [-0.4, -0.2) is 19.0 Å². The van der Waals surface area contributed by atoms with Crippen molar-refractivity contribution in [2.45, 2.75) is 91.4 Å². The summed E-state index contributed by atoms with van der Waals surface area (Å²) in [7, 11) is 1.42. The number of thiophene rings is 1. The van der Waals surface area contributed by atoms with E-state index in [-0.39, 0.29) is 17.3 Å². The Morgan fingerprint density at radius 1 is 1.17 bits per heavy atom. The van der Waals surface area contributed by atoms with Crippen LogP contribution in [0.5, 0.6) is 0 Å². The van der Waals surface area contributed by atoms with E-state index in [1.165, 1.54) is 44.1 Å². The summed E-state index contributed by atoms with van der Waals surface area (Å²) in [5.41, 5.74) is 2.00. The highest BCUT2D eigenvalue weighted by Gasteiger charge is 2.35. The fourth-order valence-corrected chi connectivity index (χ4v) is 6.28. The summed E-state index contributed by atoms with van der Waals surface area (Å²) in [6.45, 7) is 6.93. The van der Waals surface area contributed by atoms with Crippen LogP contribution in [0, 0.1) is 17.3 Å². The Bertz CT molecular complexity index is 731. The second-order valence-electron chi connectivity index (χ2n) is 9.57. The Morgan fingerprint density at radius 3 is 2.55 bits per heavy atom. The highest BCUT2D eigenvalue weighted by atomic mass is 32.1. The maximum absolute atomic E-state index is 12.6. The molecule has 1 amide bonds. The quantitative estimate of drug-likeness (QED) is 0.522. The molecule has 2 aliphatic carbocycles. The van der Waals surface area contributed by atoms with Crippen molar-refractivity contribution in [3.8, 4) is 0 Å². The maximum atomic E-state index is 12.6. The van der Waals surface area contributed by atoms with Gasteiger partial charge in [-0.1, -0.05) is 59.3 Å². The van der Waals surface area contributed by atoms with Gasteiger partial charge in [-0.05, 0) is 48.5 Å². The second-order valence-corrected chi connectivity index (χ2v) is 10.7. The van der Waals surface area contributed by atoms with E-state index in [4.69, 9.17) is 4.74 Å². The number of anilines is 1. The largest absolute Gasteiger partial charge is 0.465 e. The Balaban J connectivity index is 1.72. The van der Waals surface area contributed by atoms with Crippen molar-refractivity contribution < 1.29 is 14.3 Å². The first-order chi connectivity index (χ1) is 13.9. The molecule has 0 aromatic carbocycles. The predicted molar refractivity (Wildman–Crippen MR) is 120 cm³/mol. The molecule has 1 aromatic rings. The molecule has 1 aromatic heterocycles. The molecule has 0 aliphatic heterocycles. The molecule has 1 atom stereocenters. The zero-order valence-corrected chi connectivity index (χ0v) is 19.4. The number of hydrogen-bond donors (Lipinski definition) is 1. The van der Waals surface area contributed by atoms with Crippen molar-refractivity contribution in [1.29, 1.82) is 0 Å². The maximum Gasteiger partial charge on any atom is 0.341 e. The van der Waals surface area contributed by atoms with Gasteiger partial charge in [-0.2, -0.15) is 0 Å². The summed E-state index contributed by atoms with van der Waals surface area (Å²) >= 11 is 1.59. The molecule has 0 radical (unpaired) electrons. The van der Waals surface area contributed by atoms with Gasteiger partial charge in [0, 0.05) is 11.3 Å². The van der Waals surface area contributed by atoms with Crippen LogP contribution in [0.3, 0.4) is 0 Å². The number of rotatable bonds is 7. The van der Waals surface area contributed by atoms with Gasteiger partial charge in [0.15, 0.2) is 0 Å². The summed E-state index contributed by atoms with van der Waals surface area (Å²) in [6, 6.07) is 0. The number of carbonyl (C=O) groups excluding carboxylic acids is 2. The monoisotopic (exact) mass is 419 g/mol. The molecule has 0 bridgehead atoms. The minimum absolute atomic E-state index is 0.0322. The van der Waals surface area contributed by atoms with Crippen LogP contribution in [0.1, 0.15) is 99.4 Å². The van der Waals surface area contributed by atoms with Crippen LogP contribution in [0.2, 0.25) is 0 Å². The van der Waals surface area contributed by atoms with Crippen LogP contribution in [0.4, 0.5) is 5.00 Å². The molecular weight excluding hydrogens is 382 g/mol. The lowest BCUT2D eigenvalue weighted by molar-refractivity contribution is -0.116. The lowest BCUT2D eigenvalue weighted by atomic mass is 9.69. The van der Waals surface area contributed by atoms with Gasteiger partial charge in [-0.25, -0.2) is 4.79 Å². The van der Waals surface area contributed by atoms with E-state index in [0.29, 0.717) is 28.8 Å². The summed E-state index contributed by atoms with van der Waals surface area (Å²) < 4.78 is 5.07. The minimum Gasteiger partial charge on any atom is -0.465 e. The van der Waals surface area contributed by atoms with Gasteiger partial charge in [0.25, 0.3) is 0 Å². The van der Waals surface area contributed by atoms with Crippen molar-refractivity contribution >= 4 is 28.2 Å². The number of amides is 1. The summed E-state index contributed by atoms with van der Waals surface area (Å²) in [5, 5.41) is 3.77. The van der Waals surface area contributed by atoms with Crippen molar-refractivity contribution in [2.24, 2.45) is 17.3 Å². The molecule has 1 saturated carbocycles. The van der Waals surface area contributed by atoms with E-state index in [1.807, 2.05) is 0 Å². The molecule has 2 aliphatic rings. The molecule has 1 unspecified atom stereocenters. The Hall–Kier alpha value is -1.36. The standard InChI is InChI=1S/C24H37NO3S/c1-5-24(2,3)17-12-13-18-19(15-17)29-22(21(18)23(27)28-4)25-20(26)14-11-16-9-7-6-8-10-16/h16-17H,5-15H2,1-4H3,(H,25,26). The fraction of sp³-hybridized carbons (Fsp3) is 0.750. The van der Waals surface area contributed by atoms with Crippen LogP contribution < -0.4 is 5.32 Å². The van der Waals surface area contributed by atoms with Crippen LogP contribution >= 0.6 is 11.3 Å². The molecule has 4 nitrogen and oxygen atoms in total. The number of fused-ring (bicyclic) bond motifs is 1.